The molecular formula is C34H23IrN4-. The number of fused-ring (bicyclic) bond motifs is 1. The maximum absolute atomic E-state index is 4.83. The Morgan fingerprint density at radius 2 is 1.23 bits per heavy atom. The molecule has 0 aliphatic heterocycles. The van der Waals surface area contributed by atoms with Crippen molar-refractivity contribution in [1.29, 1.82) is 0 Å². The molecule has 5 heteroatoms. The van der Waals surface area contributed by atoms with Crippen LogP contribution in [0.3, 0.4) is 0 Å². The van der Waals surface area contributed by atoms with E-state index in [1.165, 1.54) is 0 Å². The van der Waals surface area contributed by atoms with E-state index in [-0.39, 0.29) is 20.1 Å². The second-order valence-electron chi connectivity index (χ2n) is 9.12. The van der Waals surface area contributed by atoms with E-state index in [9.17, 15) is 0 Å². The molecule has 0 bridgehead atoms. The Kier molecular flexibility index (Phi) is 6.76. The first-order valence-electron chi connectivity index (χ1n) is 12.6. The summed E-state index contributed by atoms with van der Waals surface area (Å²) in [5.74, 6) is 0.827. The summed E-state index contributed by atoms with van der Waals surface area (Å²) in [4.78, 5) is 9.44. The molecule has 7 aromatic rings. The van der Waals surface area contributed by atoms with Crippen molar-refractivity contribution >= 4 is 11.0 Å². The van der Waals surface area contributed by atoms with Gasteiger partial charge in [-0.1, -0.05) is 97.1 Å². The van der Waals surface area contributed by atoms with E-state index in [0.29, 0.717) is 0 Å². The van der Waals surface area contributed by atoms with Crippen LogP contribution in [0.15, 0.2) is 140 Å². The van der Waals surface area contributed by atoms with E-state index >= 15 is 0 Å². The monoisotopic (exact) mass is 680 g/mol. The number of aromatic nitrogens is 4. The maximum atomic E-state index is 4.83. The summed E-state index contributed by atoms with van der Waals surface area (Å²) in [5.41, 5.74) is 9.55. The minimum absolute atomic E-state index is 0. The third-order valence-electron chi connectivity index (χ3n) is 6.84. The summed E-state index contributed by atoms with van der Waals surface area (Å²) in [6, 6.07) is 45.3. The van der Waals surface area contributed by atoms with Crippen molar-refractivity contribution in [2.24, 2.45) is 0 Å². The van der Waals surface area contributed by atoms with Crippen molar-refractivity contribution in [3.63, 3.8) is 0 Å². The molecule has 0 atom stereocenters. The van der Waals surface area contributed by atoms with Crippen LogP contribution in [0, 0.1) is 6.07 Å². The first-order chi connectivity index (χ1) is 18.9. The molecule has 4 nitrogen and oxygen atoms in total. The van der Waals surface area contributed by atoms with Gasteiger partial charge in [0, 0.05) is 54.8 Å². The molecular weight excluding hydrogens is 657 g/mol. The molecule has 0 spiro atoms. The normalized spacial score (nSPS) is 10.9. The Hall–Kier alpha value is -4.57. The van der Waals surface area contributed by atoms with Crippen LogP contribution in [-0.2, 0) is 20.1 Å². The smallest absolute Gasteiger partial charge is 0.0881 e. The van der Waals surface area contributed by atoms with E-state index in [1.54, 1.807) is 0 Å². The van der Waals surface area contributed by atoms with Gasteiger partial charge in [-0.25, -0.2) is 0 Å². The molecule has 0 unspecified atom stereocenters. The van der Waals surface area contributed by atoms with Crippen molar-refractivity contribution in [3.8, 4) is 45.0 Å². The molecule has 0 saturated carbocycles. The fourth-order valence-electron chi connectivity index (χ4n) is 5.06. The zero-order chi connectivity index (χ0) is 25.3. The average Bonchev–Trinajstić information content (AvgIpc) is 3.65. The van der Waals surface area contributed by atoms with E-state index in [4.69, 9.17) is 4.98 Å². The van der Waals surface area contributed by atoms with Crippen LogP contribution >= 0.6 is 0 Å². The van der Waals surface area contributed by atoms with Gasteiger partial charge >= 0.3 is 0 Å². The van der Waals surface area contributed by atoms with Gasteiger partial charge in [0.05, 0.1) is 17.8 Å². The Balaban J connectivity index is 0.00000277. The molecule has 2 heterocycles. The van der Waals surface area contributed by atoms with Crippen molar-refractivity contribution in [3.05, 3.63) is 146 Å². The van der Waals surface area contributed by atoms with Crippen LogP contribution in [-0.4, -0.2) is 19.1 Å². The van der Waals surface area contributed by atoms with Crippen molar-refractivity contribution < 1.29 is 20.1 Å². The van der Waals surface area contributed by atoms with Crippen LogP contribution < -0.4 is 0 Å². The van der Waals surface area contributed by atoms with E-state index in [2.05, 4.69) is 105 Å². The van der Waals surface area contributed by atoms with Gasteiger partial charge < -0.3 is 9.13 Å². The first kappa shape index (κ1) is 24.7. The van der Waals surface area contributed by atoms with Gasteiger partial charge in [-0.3, -0.25) is 9.97 Å². The SMILES string of the molecule is [Ir].[c-]1cc2ncn(-c3ccccc3)c2cc1-c1nccn1-c1c(-c2ccccc2)cccc1-c1ccccc1. The molecule has 39 heavy (non-hydrogen) atoms. The largest absolute Gasteiger partial charge is 0.339 e. The van der Waals surface area contributed by atoms with Gasteiger partial charge in [-0.15, -0.1) is 23.8 Å². The Morgan fingerprint density at radius 3 is 1.87 bits per heavy atom. The van der Waals surface area contributed by atoms with E-state index < -0.39 is 0 Å². The zero-order valence-corrected chi connectivity index (χ0v) is 23.3. The van der Waals surface area contributed by atoms with Gasteiger partial charge in [-0.05, 0) is 28.8 Å². The number of benzene rings is 5. The van der Waals surface area contributed by atoms with Gasteiger partial charge in [0.25, 0.3) is 0 Å². The number of para-hydroxylation sites is 2. The molecule has 0 aliphatic rings. The topological polar surface area (TPSA) is 35.6 Å². The van der Waals surface area contributed by atoms with Gasteiger partial charge in [0.15, 0.2) is 0 Å². The summed E-state index contributed by atoms with van der Waals surface area (Å²) in [5, 5.41) is 0. The number of imidazole rings is 2. The summed E-state index contributed by atoms with van der Waals surface area (Å²) in [6.45, 7) is 0. The third-order valence-corrected chi connectivity index (χ3v) is 6.84. The summed E-state index contributed by atoms with van der Waals surface area (Å²) >= 11 is 0. The van der Waals surface area contributed by atoms with Crippen LogP contribution in [0.5, 0.6) is 0 Å². The molecule has 0 amide bonds. The van der Waals surface area contributed by atoms with E-state index in [0.717, 1.165) is 56.0 Å². The molecule has 7 rings (SSSR count). The summed E-state index contributed by atoms with van der Waals surface area (Å²) in [7, 11) is 0. The molecule has 2 aromatic heterocycles. The van der Waals surface area contributed by atoms with Gasteiger partial charge in [-0.2, -0.15) is 0 Å². The number of hydrogen-bond donors (Lipinski definition) is 0. The molecule has 0 fully saturated rings. The van der Waals surface area contributed by atoms with Gasteiger partial charge in [0.1, 0.15) is 0 Å². The molecule has 5 aromatic carbocycles. The third kappa shape index (κ3) is 4.52. The minimum atomic E-state index is 0. The molecule has 0 N–H and O–H groups in total. The number of nitrogens with zero attached hydrogens (tertiary/aromatic N) is 4. The van der Waals surface area contributed by atoms with Gasteiger partial charge in [0.2, 0.25) is 0 Å². The average molecular weight is 680 g/mol. The first-order valence-corrected chi connectivity index (χ1v) is 12.6. The van der Waals surface area contributed by atoms with Crippen LogP contribution in [0.4, 0.5) is 0 Å². The fourth-order valence-corrected chi connectivity index (χ4v) is 5.06. The van der Waals surface area contributed by atoms with Crippen LogP contribution in [0.1, 0.15) is 0 Å². The quantitative estimate of drug-likeness (QED) is 0.173. The molecule has 0 aliphatic carbocycles. The van der Waals surface area contributed by atoms with E-state index in [1.807, 2.05) is 55.1 Å². The summed E-state index contributed by atoms with van der Waals surface area (Å²) < 4.78 is 4.29. The maximum Gasteiger partial charge on any atom is 0.0881 e. The predicted octanol–water partition coefficient (Wildman–Crippen LogP) is 8.01. The summed E-state index contributed by atoms with van der Waals surface area (Å²) in [6.07, 6.45) is 5.76. The predicted molar refractivity (Wildman–Crippen MR) is 153 cm³/mol. The molecule has 0 saturated heterocycles. The second kappa shape index (κ2) is 10.7. The molecule has 189 valence electrons. The standard InChI is InChI=1S/C34H23N4.Ir/c1-4-11-25(12-5-1)29-17-10-18-30(26-13-6-2-7-14-26)33(29)37-22-21-35-34(37)27-19-20-31-32(23-27)38(24-36-31)28-15-8-3-9-16-28;/h1-18,20-24H;/q-1;. The van der Waals surface area contributed by atoms with Crippen molar-refractivity contribution in [2.75, 3.05) is 0 Å². The number of hydrogen-bond acceptors (Lipinski definition) is 2. The minimum Gasteiger partial charge on any atom is -0.339 e. The Morgan fingerprint density at radius 1 is 0.615 bits per heavy atom. The fraction of sp³-hybridized carbons (Fsp3) is 0. The Labute approximate surface area is 240 Å². The second-order valence-corrected chi connectivity index (χ2v) is 9.12. The van der Waals surface area contributed by atoms with Crippen molar-refractivity contribution in [2.45, 2.75) is 0 Å². The van der Waals surface area contributed by atoms with Crippen molar-refractivity contribution in [1.82, 2.24) is 19.1 Å². The number of rotatable bonds is 5. The zero-order valence-electron chi connectivity index (χ0n) is 20.9. The Bertz CT molecular complexity index is 1800. The molecule has 1 radical (unpaired) electrons. The van der Waals surface area contributed by atoms with Crippen LogP contribution in [0.2, 0.25) is 0 Å². The van der Waals surface area contributed by atoms with Crippen LogP contribution in [0.25, 0.3) is 56.0 Å².